The molecule has 0 bridgehead atoms. The predicted octanol–water partition coefficient (Wildman–Crippen LogP) is 3.40. The number of piperazine rings is 1. The molecule has 0 aromatic heterocycles. The van der Waals surface area contributed by atoms with Crippen LogP contribution in [-0.4, -0.2) is 56.7 Å². The van der Waals surface area contributed by atoms with Gasteiger partial charge in [0.1, 0.15) is 13.2 Å². The monoisotopic (exact) mass is 423 g/mol. The Hall–Kier alpha value is -2.73. The zero-order chi connectivity index (χ0) is 21.8. The molecular formula is C25H33N3O3. The van der Waals surface area contributed by atoms with Crippen molar-refractivity contribution in [1.82, 2.24) is 10.2 Å². The van der Waals surface area contributed by atoms with Crippen LogP contribution in [-0.2, 0) is 4.79 Å². The molecule has 2 heterocycles. The van der Waals surface area contributed by atoms with Gasteiger partial charge in [-0.15, -0.1) is 0 Å². The van der Waals surface area contributed by atoms with Gasteiger partial charge in [-0.05, 0) is 42.2 Å². The van der Waals surface area contributed by atoms with Crippen LogP contribution < -0.4 is 19.7 Å². The van der Waals surface area contributed by atoms with E-state index in [0.29, 0.717) is 19.8 Å². The van der Waals surface area contributed by atoms with Crippen LogP contribution in [0.2, 0.25) is 0 Å². The van der Waals surface area contributed by atoms with Gasteiger partial charge >= 0.3 is 0 Å². The molecule has 31 heavy (non-hydrogen) atoms. The Balaban J connectivity index is 1.33. The SMILES string of the molecule is Cc1ccccc1N1CCN(CC(=O)N[C@H](c2ccc3c(c2)OCCO3)C(C)C)CC1. The van der Waals surface area contributed by atoms with E-state index in [1.165, 1.54) is 11.3 Å². The lowest BCUT2D eigenvalue weighted by molar-refractivity contribution is -0.123. The summed E-state index contributed by atoms with van der Waals surface area (Å²) in [6.07, 6.45) is 0. The van der Waals surface area contributed by atoms with E-state index < -0.39 is 0 Å². The molecule has 6 heteroatoms. The maximum Gasteiger partial charge on any atom is 0.234 e. The number of hydrogen-bond acceptors (Lipinski definition) is 5. The van der Waals surface area contributed by atoms with E-state index in [9.17, 15) is 4.79 Å². The third kappa shape index (κ3) is 5.13. The molecule has 1 fully saturated rings. The first-order chi connectivity index (χ1) is 15.0. The Kier molecular flexibility index (Phi) is 6.66. The number of hydrogen-bond donors (Lipinski definition) is 1. The van der Waals surface area contributed by atoms with Gasteiger partial charge < -0.3 is 19.7 Å². The molecule has 4 rings (SSSR count). The van der Waals surface area contributed by atoms with Crippen LogP contribution >= 0.6 is 0 Å². The van der Waals surface area contributed by atoms with Crippen molar-refractivity contribution in [3.8, 4) is 11.5 Å². The fourth-order valence-corrected chi connectivity index (χ4v) is 4.38. The number of ether oxygens (including phenoxy) is 2. The molecule has 2 aliphatic rings. The van der Waals surface area contributed by atoms with E-state index in [0.717, 1.165) is 43.2 Å². The van der Waals surface area contributed by atoms with Gasteiger partial charge in [-0.25, -0.2) is 0 Å². The smallest absolute Gasteiger partial charge is 0.234 e. The van der Waals surface area contributed by atoms with E-state index in [1.54, 1.807) is 0 Å². The Morgan fingerprint density at radius 1 is 1.00 bits per heavy atom. The Labute approximate surface area is 185 Å². The number of fused-ring (bicyclic) bond motifs is 1. The zero-order valence-corrected chi connectivity index (χ0v) is 18.8. The second-order valence-corrected chi connectivity index (χ2v) is 8.74. The summed E-state index contributed by atoms with van der Waals surface area (Å²) < 4.78 is 11.4. The van der Waals surface area contributed by atoms with Crippen molar-refractivity contribution in [2.75, 3.05) is 50.8 Å². The number of benzene rings is 2. The summed E-state index contributed by atoms with van der Waals surface area (Å²) in [5.41, 5.74) is 3.65. The second kappa shape index (κ2) is 9.60. The van der Waals surface area contributed by atoms with Gasteiger partial charge in [-0.2, -0.15) is 0 Å². The molecule has 0 saturated carbocycles. The lowest BCUT2D eigenvalue weighted by Gasteiger charge is -2.36. The highest BCUT2D eigenvalue weighted by Gasteiger charge is 2.24. The first-order valence-corrected chi connectivity index (χ1v) is 11.2. The predicted molar refractivity (Wildman–Crippen MR) is 123 cm³/mol. The van der Waals surface area contributed by atoms with Crippen molar-refractivity contribution in [1.29, 1.82) is 0 Å². The van der Waals surface area contributed by atoms with Crippen LogP contribution in [0.1, 0.15) is 31.0 Å². The van der Waals surface area contributed by atoms with E-state index in [1.807, 2.05) is 18.2 Å². The first kappa shape index (κ1) is 21.5. The van der Waals surface area contributed by atoms with Crippen molar-refractivity contribution in [2.24, 2.45) is 5.92 Å². The van der Waals surface area contributed by atoms with Crippen molar-refractivity contribution in [3.05, 3.63) is 53.6 Å². The minimum Gasteiger partial charge on any atom is -0.486 e. The highest BCUT2D eigenvalue weighted by molar-refractivity contribution is 5.78. The number of para-hydroxylation sites is 1. The molecular weight excluding hydrogens is 390 g/mol. The van der Waals surface area contributed by atoms with E-state index in [2.05, 4.69) is 60.2 Å². The molecule has 1 saturated heterocycles. The van der Waals surface area contributed by atoms with Gasteiger partial charge in [-0.3, -0.25) is 9.69 Å². The molecule has 1 amide bonds. The molecule has 0 unspecified atom stereocenters. The van der Waals surface area contributed by atoms with Crippen LogP contribution in [0.25, 0.3) is 0 Å². The fraction of sp³-hybridized carbons (Fsp3) is 0.480. The van der Waals surface area contributed by atoms with Crippen molar-refractivity contribution < 1.29 is 14.3 Å². The average molecular weight is 424 g/mol. The van der Waals surface area contributed by atoms with Crippen molar-refractivity contribution in [2.45, 2.75) is 26.8 Å². The van der Waals surface area contributed by atoms with Gasteiger partial charge in [-0.1, -0.05) is 38.1 Å². The van der Waals surface area contributed by atoms with Crippen LogP contribution in [0, 0.1) is 12.8 Å². The average Bonchev–Trinajstić information content (AvgIpc) is 2.78. The summed E-state index contributed by atoms with van der Waals surface area (Å²) in [5, 5.41) is 3.25. The number of aryl methyl sites for hydroxylation is 1. The molecule has 2 aromatic rings. The van der Waals surface area contributed by atoms with Crippen LogP contribution in [0.4, 0.5) is 5.69 Å². The quantitative estimate of drug-likeness (QED) is 0.772. The second-order valence-electron chi connectivity index (χ2n) is 8.74. The molecule has 2 aromatic carbocycles. The third-order valence-corrected chi connectivity index (χ3v) is 6.10. The van der Waals surface area contributed by atoms with E-state index in [4.69, 9.17) is 9.47 Å². The summed E-state index contributed by atoms with van der Waals surface area (Å²) in [4.78, 5) is 17.5. The maximum atomic E-state index is 12.9. The highest BCUT2D eigenvalue weighted by Crippen LogP contribution is 2.34. The zero-order valence-electron chi connectivity index (χ0n) is 18.8. The minimum atomic E-state index is -0.0587. The Morgan fingerprint density at radius 2 is 1.71 bits per heavy atom. The van der Waals surface area contributed by atoms with Crippen LogP contribution in [0.15, 0.2) is 42.5 Å². The number of nitrogens with zero attached hydrogens (tertiary/aromatic N) is 2. The van der Waals surface area contributed by atoms with Gasteiger partial charge in [0.05, 0.1) is 12.6 Å². The van der Waals surface area contributed by atoms with Gasteiger partial charge in [0.15, 0.2) is 11.5 Å². The maximum absolute atomic E-state index is 12.9. The fourth-order valence-electron chi connectivity index (χ4n) is 4.38. The molecule has 6 nitrogen and oxygen atoms in total. The first-order valence-electron chi connectivity index (χ1n) is 11.2. The molecule has 2 aliphatic heterocycles. The summed E-state index contributed by atoms with van der Waals surface area (Å²) in [5.74, 6) is 1.87. The lowest BCUT2D eigenvalue weighted by Crippen LogP contribution is -2.50. The minimum absolute atomic E-state index is 0.0587. The van der Waals surface area contributed by atoms with Crippen LogP contribution in [0.5, 0.6) is 11.5 Å². The van der Waals surface area contributed by atoms with Crippen molar-refractivity contribution >= 4 is 11.6 Å². The Bertz CT molecular complexity index is 907. The molecule has 166 valence electrons. The van der Waals surface area contributed by atoms with Crippen molar-refractivity contribution in [3.63, 3.8) is 0 Å². The van der Waals surface area contributed by atoms with Gasteiger partial charge in [0, 0.05) is 31.9 Å². The Morgan fingerprint density at radius 3 is 2.42 bits per heavy atom. The number of amides is 1. The third-order valence-electron chi connectivity index (χ3n) is 6.10. The van der Waals surface area contributed by atoms with Gasteiger partial charge in [0.2, 0.25) is 5.91 Å². The number of carbonyl (C=O) groups excluding carboxylic acids is 1. The number of nitrogens with one attached hydrogen (secondary N) is 1. The molecule has 0 spiro atoms. The largest absolute Gasteiger partial charge is 0.486 e. The normalized spacial score (nSPS) is 17.5. The summed E-state index contributed by atoms with van der Waals surface area (Å²) in [6, 6.07) is 14.4. The van der Waals surface area contributed by atoms with E-state index in [-0.39, 0.29) is 17.9 Å². The molecule has 1 N–H and O–H groups in total. The standard InChI is InChI=1S/C25H33N3O3/c1-18(2)25(20-8-9-22-23(16-20)31-15-14-30-22)26-24(29)17-27-10-12-28(13-11-27)21-7-5-4-6-19(21)3/h4-9,16,18,25H,10-15,17H2,1-3H3,(H,26,29)/t25-/m0/s1. The molecule has 1 atom stereocenters. The highest BCUT2D eigenvalue weighted by atomic mass is 16.6. The summed E-state index contributed by atoms with van der Waals surface area (Å²) >= 11 is 0. The number of rotatable bonds is 6. The number of carbonyl (C=O) groups is 1. The lowest BCUT2D eigenvalue weighted by atomic mass is 9.95. The summed E-state index contributed by atoms with van der Waals surface area (Å²) in [6.45, 7) is 11.6. The van der Waals surface area contributed by atoms with E-state index >= 15 is 0 Å². The van der Waals surface area contributed by atoms with Gasteiger partial charge in [0.25, 0.3) is 0 Å². The topological polar surface area (TPSA) is 54.0 Å². The molecule has 0 radical (unpaired) electrons. The van der Waals surface area contributed by atoms with Crippen LogP contribution in [0.3, 0.4) is 0 Å². The molecule has 0 aliphatic carbocycles. The number of anilines is 1. The summed E-state index contributed by atoms with van der Waals surface area (Å²) in [7, 11) is 0.